The lowest BCUT2D eigenvalue weighted by Crippen LogP contribution is -2.27. The van der Waals surface area contributed by atoms with Crippen LogP contribution in [-0.4, -0.2) is 30.6 Å². The van der Waals surface area contributed by atoms with Gasteiger partial charge in [-0.15, -0.1) is 0 Å². The normalized spacial score (nSPS) is 11.8. The summed E-state index contributed by atoms with van der Waals surface area (Å²) in [6.45, 7) is 6.51. The number of hydrogen-bond donors (Lipinski definition) is 1. The molecule has 6 nitrogen and oxygen atoms in total. The van der Waals surface area contributed by atoms with E-state index in [1.54, 1.807) is 30.3 Å². The fourth-order valence-electron chi connectivity index (χ4n) is 2.48. The van der Waals surface area contributed by atoms with Crippen LogP contribution in [-0.2, 0) is 4.74 Å². The minimum Gasteiger partial charge on any atom is -0.477 e. The molecule has 0 bridgehead atoms. The van der Waals surface area contributed by atoms with Gasteiger partial charge in [-0.1, -0.05) is 37.6 Å². The lowest BCUT2D eigenvalue weighted by molar-refractivity contribution is 0.0600. The summed E-state index contributed by atoms with van der Waals surface area (Å²) < 4.78 is 10.4. The van der Waals surface area contributed by atoms with Gasteiger partial charge in [0.1, 0.15) is 5.56 Å². The van der Waals surface area contributed by atoms with Crippen molar-refractivity contribution in [1.29, 1.82) is 0 Å². The van der Waals surface area contributed by atoms with Gasteiger partial charge in [0.2, 0.25) is 5.88 Å². The minimum absolute atomic E-state index is 0.260. The molecule has 1 aromatic heterocycles. The van der Waals surface area contributed by atoms with Gasteiger partial charge in [0.15, 0.2) is 0 Å². The Labute approximate surface area is 170 Å². The van der Waals surface area contributed by atoms with Gasteiger partial charge in [-0.25, -0.2) is 9.78 Å². The van der Waals surface area contributed by atoms with Gasteiger partial charge in [0, 0.05) is 6.20 Å². The Kier molecular flexibility index (Phi) is 7.81. The molecule has 0 aliphatic carbocycles. The van der Waals surface area contributed by atoms with Crippen LogP contribution in [0.15, 0.2) is 36.5 Å². The maximum atomic E-state index is 12.8. The summed E-state index contributed by atoms with van der Waals surface area (Å²) in [5, 5.41) is 3.27. The van der Waals surface area contributed by atoms with Gasteiger partial charge in [-0.05, 0) is 43.0 Å². The van der Waals surface area contributed by atoms with E-state index in [4.69, 9.17) is 16.3 Å². The number of carbonyl (C=O) groups is 2. The van der Waals surface area contributed by atoms with E-state index < -0.39 is 5.97 Å². The average molecular weight is 405 g/mol. The van der Waals surface area contributed by atoms with Gasteiger partial charge < -0.3 is 14.8 Å². The Morgan fingerprint density at radius 2 is 1.86 bits per heavy atom. The van der Waals surface area contributed by atoms with Crippen LogP contribution in [0.2, 0.25) is 5.02 Å². The molecule has 1 N–H and O–H groups in total. The number of nitrogens with zero attached hydrogens (tertiary/aromatic N) is 1. The third-order valence-electron chi connectivity index (χ3n) is 4.18. The summed E-state index contributed by atoms with van der Waals surface area (Å²) in [5.74, 6) is 0.00358. The quantitative estimate of drug-likeness (QED) is 0.658. The zero-order valence-electron chi connectivity index (χ0n) is 16.5. The number of pyridine rings is 1. The molecule has 1 atom stereocenters. The highest BCUT2D eigenvalue weighted by molar-refractivity contribution is 6.30. The number of carbonyl (C=O) groups excluding carboxylic acids is 2. The number of hydrogen-bond acceptors (Lipinski definition) is 5. The van der Waals surface area contributed by atoms with E-state index in [1.165, 1.54) is 13.3 Å². The molecule has 1 amide bonds. The molecule has 0 aliphatic heterocycles. The fourth-order valence-corrected chi connectivity index (χ4v) is 2.64. The molecule has 0 saturated heterocycles. The van der Waals surface area contributed by atoms with Crippen molar-refractivity contribution in [2.24, 2.45) is 5.92 Å². The van der Waals surface area contributed by atoms with Crippen molar-refractivity contribution in [3.05, 3.63) is 58.2 Å². The monoisotopic (exact) mass is 404 g/mol. The zero-order chi connectivity index (χ0) is 20.7. The number of esters is 1. The van der Waals surface area contributed by atoms with E-state index in [1.807, 2.05) is 6.92 Å². The van der Waals surface area contributed by atoms with Crippen molar-refractivity contribution in [3.8, 4) is 5.88 Å². The first-order valence-corrected chi connectivity index (χ1v) is 9.47. The third kappa shape index (κ3) is 5.96. The van der Waals surface area contributed by atoms with Crippen LogP contribution in [0.4, 0.5) is 0 Å². The number of aromatic nitrogens is 1. The Morgan fingerprint density at radius 3 is 2.46 bits per heavy atom. The van der Waals surface area contributed by atoms with Crippen LogP contribution >= 0.6 is 11.6 Å². The van der Waals surface area contributed by atoms with E-state index in [0.717, 1.165) is 12.0 Å². The molecule has 0 fully saturated rings. The molecule has 28 heavy (non-hydrogen) atoms. The number of methoxy groups -OCH3 is 1. The number of nitrogens with one attached hydrogen (secondary N) is 1. The molecular formula is C21H25ClN2O4. The molecule has 0 aliphatic rings. The summed E-state index contributed by atoms with van der Waals surface area (Å²) in [4.78, 5) is 28.4. The number of rotatable bonds is 8. The predicted molar refractivity (Wildman–Crippen MR) is 108 cm³/mol. The molecular weight excluding hydrogens is 380 g/mol. The Bertz CT molecular complexity index is 822. The molecule has 7 heteroatoms. The summed E-state index contributed by atoms with van der Waals surface area (Å²) in [6.07, 6.45) is 2.31. The van der Waals surface area contributed by atoms with Crippen molar-refractivity contribution in [2.45, 2.75) is 33.2 Å². The van der Waals surface area contributed by atoms with Crippen LogP contribution in [0.1, 0.15) is 59.5 Å². The highest BCUT2D eigenvalue weighted by Gasteiger charge is 2.18. The summed E-state index contributed by atoms with van der Waals surface area (Å²) in [5.41, 5.74) is 1.58. The first-order valence-electron chi connectivity index (χ1n) is 9.09. The molecule has 150 valence electrons. The van der Waals surface area contributed by atoms with Crippen molar-refractivity contribution < 1.29 is 19.1 Å². The Hall–Kier alpha value is -2.60. The molecule has 1 aromatic carbocycles. The van der Waals surface area contributed by atoms with Gasteiger partial charge in [0.05, 0.1) is 30.3 Å². The van der Waals surface area contributed by atoms with E-state index >= 15 is 0 Å². The van der Waals surface area contributed by atoms with Gasteiger partial charge in [0.25, 0.3) is 5.91 Å². The molecule has 0 saturated carbocycles. The fraction of sp³-hybridized carbons (Fsp3) is 0.381. The van der Waals surface area contributed by atoms with Crippen LogP contribution < -0.4 is 10.1 Å². The van der Waals surface area contributed by atoms with Crippen LogP contribution in [0.3, 0.4) is 0 Å². The second-order valence-electron chi connectivity index (χ2n) is 6.85. The summed E-state index contributed by atoms with van der Waals surface area (Å²) in [7, 11) is 1.33. The van der Waals surface area contributed by atoms with Crippen LogP contribution in [0.5, 0.6) is 5.88 Å². The second kappa shape index (κ2) is 10.1. The number of amides is 1. The van der Waals surface area contributed by atoms with E-state index in [0.29, 0.717) is 23.1 Å². The number of benzene rings is 1. The largest absolute Gasteiger partial charge is 0.477 e. The first kappa shape index (κ1) is 21.7. The molecule has 0 spiro atoms. The lowest BCUT2D eigenvalue weighted by atomic mass is 10.1. The lowest BCUT2D eigenvalue weighted by Gasteiger charge is -2.16. The smallest absolute Gasteiger partial charge is 0.337 e. The number of halogens is 1. The minimum atomic E-state index is -0.406. The maximum Gasteiger partial charge on any atom is 0.337 e. The summed E-state index contributed by atoms with van der Waals surface area (Å²) >= 11 is 6.02. The van der Waals surface area contributed by atoms with Gasteiger partial charge in [-0.3, -0.25) is 4.79 Å². The molecule has 1 heterocycles. The first-order chi connectivity index (χ1) is 13.3. The van der Waals surface area contributed by atoms with Crippen LogP contribution in [0.25, 0.3) is 0 Å². The standard InChI is InChI=1S/C21H25ClN2O4/c1-13(2)9-10-28-20-18(11-17(22)12-23-20)19(25)24-14(3)15-5-7-16(8-6-15)21(26)27-4/h5-8,11-14H,9-10H2,1-4H3,(H,24,25)/t14-/m0/s1. The second-order valence-corrected chi connectivity index (χ2v) is 7.28. The van der Waals surface area contributed by atoms with Gasteiger partial charge >= 0.3 is 5.97 Å². The molecule has 2 rings (SSSR count). The Balaban J connectivity index is 2.10. The van der Waals surface area contributed by atoms with Crippen LogP contribution in [0, 0.1) is 5.92 Å². The third-order valence-corrected chi connectivity index (χ3v) is 4.38. The topological polar surface area (TPSA) is 77.5 Å². The highest BCUT2D eigenvalue weighted by atomic mass is 35.5. The highest BCUT2D eigenvalue weighted by Crippen LogP contribution is 2.22. The van der Waals surface area contributed by atoms with Crippen molar-refractivity contribution >= 4 is 23.5 Å². The zero-order valence-corrected chi connectivity index (χ0v) is 17.2. The van der Waals surface area contributed by atoms with Gasteiger partial charge in [-0.2, -0.15) is 0 Å². The van der Waals surface area contributed by atoms with Crippen molar-refractivity contribution in [2.75, 3.05) is 13.7 Å². The van der Waals surface area contributed by atoms with E-state index in [9.17, 15) is 9.59 Å². The number of ether oxygens (including phenoxy) is 2. The predicted octanol–water partition coefficient (Wildman–Crippen LogP) is 4.44. The van der Waals surface area contributed by atoms with Crippen molar-refractivity contribution in [3.63, 3.8) is 0 Å². The average Bonchev–Trinajstić information content (AvgIpc) is 2.68. The SMILES string of the molecule is COC(=O)c1ccc([C@H](C)NC(=O)c2cc(Cl)cnc2OCCC(C)C)cc1. The Morgan fingerprint density at radius 1 is 1.18 bits per heavy atom. The van der Waals surface area contributed by atoms with Crippen molar-refractivity contribution in [1.82, 2.24) is 10.3 Å². The van der Waals surface area contributed by atoms with E-state index in [2.05, 4.69) is 28.9 Å². The molecule has 2 aromatic rings. The molecule has 0 radical (unpaired) electrons. The summed E-state index contributed by atoms with van der Waals surface area (Å²) in [6, 6.07) is 8.11. The van der Waals surface area contributed by atoms with E-state index in [-0.39, 0.29) is 23.4 Å². The maximum absolute atomic E-state index is 12.8. The molecule has 0 unspecified atom stereocenters.